The van der Waals surface area contributed by atoms with E-state index >= 15 is 0 Å². The molecule has 2 rings (SSSR count). The molecular formula is C20H25NO3. The van der Waals surface area contributed by atoms with E-state index in [1.165, 1.54) is 0 Å². The molecule has 0 aromatic heterocycles. The maximum Gasteiger partial charge on any atom is 0.265 e. The summed E-state index contributed by atoms with van der Waals surface area (Å²) < 4.78 is 11.0. The first-order valence-corrected chi connectivity index (χ1v) is 8.13. The molecule has 0 saturated carbocycles. The van der Waals surface area contributed by atoms with Crippen LogP contribution in [0.5, 0.6) is 11.5 Å². The highest BCUT2D eigenvalue weighted by atomic mass is 16.5. The molecule has 0 fully saturated rings. The van der Waals surface area contributed by atoms with Gasteiger partial charge in [0.2, 0.25) is 0 Å². The molecule has 1 amide bonds. The van der Waals surface area contributed by atoms with Gasteiger partial charge in [0.05, 0.1) is 7.11 Å². The fraction of sp³-hybridized carbons (Fsp3) is 0.350. The highest BCUT2D eigenvalue weighted by molar-refractivity contribution is 5.94. The Morgan fingerprint density at radius 2 is 1.71 bits per heavy atom. The van der Waals surface area contributed by atoms with Crippen molar-refractivity contribution in [3.8, 4) is 11.5 Å². The average molecular weight is 327 g/mol. The van der Waals surface area contributed by atoms with Gasteiger partial charge in [0.25, 0.3) is 5.91 Å². The number of hydrogen-bond acceptors (Lipinski definition) is 3. The molecule has 1 N–H and O–H groups in total. The number of methoxy groups -OCH3 is 1. The van der Waals surface area contributed by atoms with Crippen LogP contribution in [0.25, 0.3) is 0 Å². The second-order valence-corrected chi connectivity index (χ2v) is 6.17. The lowest BCUT2D eigenvalue weighted by atomic mass is 10.0. The molecule has 4 nitrogen and oxygen atoms in total. The third-order valence-corrected chi connectivity index (χ3v) is 3.82. The normalized spacial score (nSPS) is 11.9. The molecule has 0 aliphatic carbocycles. The molecule has 1 unspecified atom stereocenters. The first-order valence-electron chi connectivity index (χ1n) is 8.13. The van der Waals surface area contributed by atoms with E-state index in [4.69, 9.17) is 9.47 Å². The summed E-state index contributed by atoms with van der Waals surface area (Å²) in [6.07, 6.45) is -0.591. The molecule has 128 valence electrons. The number of ether oxygens (including phenoxy) is 2. The van der Waals surface area contributed by atoms with Crippen molar-refractivity contribution in [3.05, 3.63) is 53.6 Å². The second kappa shape index (κ2) is 7.86. The second-order valence-electron chi connectivity index (χ2n) is 6.17. The Labute approximate surface area is 143 Å². The Kier molecular flexibility index (Phi) is 5.85. The Hall–Kier alpha value is -2.49. The zero-order chi connectivity index (χ0) is 17.7. The van der Waals surface area contributed by atoms with Crippen molar-refractivity contribution < 1.29 is 14.3 Å². The smallest absolute Gasteiger partial charge is 0.265 e. The van der Waals surface area contributed by atoms with Crippen LogP contribution in [0.3, 0.4) is 0 Å². The number of amides is 1. The fourth-order valence-electron chi connectivity index (χ4n) is 2.38. The van der Waals surface area contributed by atoms with Gasteiger partial charge in [-0.2, -0.15) is 0 Å². The highest BCUT2D eigenvalue weighted by Crippen LogP contribution is 2.28. The number of nitrogens with one attached hydrogen (secondary N) is 1. The van der Waals surface area contributed by atoms with Crippen molar-refractivity contribution in [1.29, 1.82) is 0 Å². The van der Waals surface area contributed by atoms with Crippen LogP contribution in [0.1, 0.15) is 37.8 Å². The summed E-state index contributed by atoms with van der Waals surface area (Å²) in [5.41, 5.74) is 2.92. The lowest BCUT2D eigenvalue weighted by Crippen LogP contribution is -2.30. The summed E-state index contributed by atoms with van der Waals surface area (Å²) in [4.78, 5) is 12.4. The molecule has 0 bridgehead atoms. The van der Waals surface area contributed by atoms with E-state index in [0.717, 1.165) is 22.6 Å². The van der Waals surface area contributed by atoms with Gasteiger partial charge in [0, 0.05) is 5.69 Å². The van der Waals surface area contributed by atoms with Crippen LogP contribution in [0, 0.1) is 6.92 Å². The number of aryl methyl sites for hydroxylation is 1. The van der Waals surface area contributed by atoms with Crippen LogP contribution in [-0.2, 0) is 4.79 Å². The van der Waals surface area contributed by atoms with E-state index in [2.05, 4.69) is 31.3 Å². The van der Waals surface area contributed by atoms with Crippen LogP contribution in [0.2, 0.25) is 0 Å². The molecule has 0 radical (unpaired) electrons. The summed E-state index contributed by atoms with van der Waals surface area (Å²) >= 11 is 0. The molecule has 0 spiro atoms. The number of benzene rings is 2. The van der Waals surface area contributed by atoms with Crippen LogP contribution >= 0.6 is 0 Å². The topological polar surface area (TPSA) is 47.6 Å². The van der Waals surface area contributed by atoms with Gasteiger partial charge in [-0.05, 0) is 61.2 Å². The predicted octanol–water partition coefficient (Wildman–Crippen LogP) is 4.53. The number of anilines is 1. The SMILES string of the molecule is COc1ccc(NC(=O)C(C)Oc2cc(C)ccc2C(C)C)cc1. The van der Waals surface area contributed by atoms with Gasteiger partial charge in [-0.1, -0.05) is 26.0 Å². The summed E-state index contributed by atoms with van der Waals surface area (Å²) in [5, 5.41) is 2.86. The molecule has 0 saturated heterocycles. The number of rotatable bonds is 6. The molecule has 2 aromatic carbocycles. The van der Waals surface area contributed by atoms with Crippen LogP contribution in [0.4, 0.5) is 5.69 Å². The first-order chi connectivity index (χ1) is 11.4. The molecule has 4 heteroatoms. The van der Waals surface area contributed by atoms with Gasteiger partial charge in [0.15, 0.2) is 6.10 Å². The Bertz CT molecular complexity index is 693. The lowest BCUT2D eigenvalue weighted by molar-refractivity contribution is -0.122. The number of hydrogen-bond donors (Lipinski definition) is 1. The average Bonchev–Trinajstić information content (AvgIpc) is 2.55. The minimum Gasteiger partial charge on any atom is -0.497 e. The zero-order valence-corrected chi connectivity index (χ0v) is 14.9. The van der Waals surface area contributed by atoms with Crippen LogP contribution in [0.15, 0.2) is 42.5 Å². The minimum absolute atomic E-state index is 0.184. The summed E-state index contributed by atoms with van der Waals surface area (Å²) in [6.45, 7) is 7.99. The van der Waals surface area contributed by atoms with Gasteiger partial charge in [-0.3, -0.25) is 4.79 Å². The monoisotopic (exact) mass is 327 g/mol. The summed E-state index contributed by atoms with van der Waals surface area (Å²) in [5.74, 6) is 1.66. The van der Waals surface area contributed by atoms with Crippen LogP contribution < -0.4 is 14.8 Å². The maximum absolute atomic E-state index is 12.4. The number of carbonyl (C=O) groups is 1. The third-order valence-electron chi connectivity index (χ3n) is 3.82. The Morgan fingerprint density at radius 1 is 1.04 bits per heavy atom. The first kappa shape index (κ1) is 17.9. The minimum atomic E-state index is -0.591. The van der Waals surface area contributed by atoms with E-state index in [-0.39, 0.29) is 5.91 Å². The highest BCUT2D eigenvalue weighted by Gasteiger charge is 2.17. The van der Waals surface area contributed by atoms with Crippen molar-refractivity contribution in [2.45, 2.75) is 39.7 Å². The van der Waals surface area contributed by atoms with E-state index in [0.29, 0.717) is 11.6 Å². The van der Waals surface area contributed by atoms with Gasteiger partial charge >= 0.3 is 0 Å². The largest absolute Gasteiger partial charge is 0.497 e. The van der Waals surface area contributed by atoms with Crippen molar-refractivity contribution in [2.75, 3.05) is 12.4 Å². The molecule has 0 heterocycles. The van der Waals surface area contributed by atoms with E-state index in [1.807, 2.05) is 13.0 Å². The van der Waals surface area contributed by atoms with Crippen LogP contribution in [-0.4, -0.2) is 19.1 Å². The van der Waals surface area contributed by atoms with Crippen molar-refractivity contribution in [1.82, 2.24) is 0 Å². The molecule has 0 aliphatic rings. The third kappa shape index (κ3) is 4.51. The Balaban J connectivity index is 2.07. The quantitative estimate of drug-likeness (QED) is 0.848. The Morgan fingerprint density at radius 3 is 2.29 bits per heavy atom. The lowest BCUT2D eigenvalue weighted by Gasteiger charge is -2.19. The van der Waals surface area contributed by atoms with E-state index in [1.54, 1.807) is 38.3 Å². The van der Waals surface area contributed by atoms with E-state index in [9.17, 15) is 4.79 Å². The molecule has 24 heavy (non-hydrogen) atoms. The van der Waals surface area contributed by atoms with E-state index < -0.39 is 6.10 Å². The molecule has 2 aromatic rings. The summed E-state index contributed by atoms with van der Waals surface area (Å²) in [7, 11) is 1.61. The molecular weight excluding hydrogens is 302 g/mol. The van der Waals surface area contributed by atoms with Gasteiger partial charge in [0.1, 0.15) is 11.5 Å². The summed E-state index contributed by atoms with van der Waals surface area (Å²) in [6, 6.07) is 13.3. The van der Waals surface area contributed by atoms with Gasteiger partial charge in [-0.15, -0.1) is 0 Å². The van der Waals surface area contributed by atoms with Gasteiger partial charge < -0.3 is 14.8 Å². The van der Waals surface area contributed by atoms with Gasteiger partial charge in [-0.25, -0.2) is 0 Å². The molecule has 1 atom stereocenters. The fourth-order valence-corrected chi connectivity index (χ4v) is 2.38. The number of carbonyl (C=O) groups excluding carboxylic acids is 1. The zero-order valence-electron chi connectivity index (χ0n) is 14.9. The standard InChI is InChI=1S/C20H25NO3/c1-13(2)18-11-6-14(3)12-19(18)24-15(4)20(22)21-16-7-9-17(23-5)10-8-16/h6-13,15H,1-5H3,(H,21,22). The van der Waals surface area contributed by atoms with Crippen molar-refractivity contribution >= 4 is 11.6 Å². The van der Waals surface area contributed by atoms with Crippen molar-refractivity contribution in [2.24, 2.45) is 0 Å². The molecule has 0 aliphatic heterocycles. The maximum atomic E-state index is 12.4. The van der Waals surface area contributed by atoms with Crippen molar-refractivity contribution in [3.63, 3.8) is 0 Å². The predicted molar refractivity (Wildman–Crippen MR) is 97.0 cm³/mol.